The average molecular weight is 337 g/mol. The van der Waals surface area contributed by atoms with Crippen LogP contribution in [0.4, 0.5) is 0 Å². The maximum absolute atomic E-state index is 12.6. The average Bonchev–Trinajstić information content (AvgIpc) is 3.19. The van der Waals surface area contributed by atoms with Crippen LogP contribution in [-0.4, -0.2) is 32.1 Å². The number of rotatable bonds is 3. The molecule has 8 heteroatoms. The summed E-state index contributed by atoms with van der Waals surface area (Å²) in [5, 5.41) is 11.1. The summed E-state index contributed by atoms with van der Waals surface area (Å²) in [5.74, 6) is 0.0284. The first kappa shape index (κ1) is 15.7. The molecule has 3 heterocycles. The van der Waals surface area contributed by atoms with Crippen LogP contribution in [0.5, 0.6) is 0 Å². The molecule has 8 nitrogen and oxygen atoms in total. The molecule has 1 fully saturated rings. The number of nitrogens with one attached hydrogen (secondary N) is 3. The lowest BCUT2D eigenvalue weighted by atomic mass is 9.95. The standard InChI is InChI=1S/C17H19N7O/c1-10-15(11-5-7-18-8-6-11)21-22-16(10)19-17(25)12-3-4-14-13(9-12)20-23-24(14)2/h3-10,15-16,21-22H,1-2H3,(H,19,25). The Bertz CT molecular complexity index is 908. The van der Waals surface area contributed by atoms with E-state index < -0.39 is 0 Å². The van der Waals surface area contributed by atoms with Crippen LogP contribution in [0.1, 0.15) is 28.9 Å². The van der Waals surface area contributed by atoms with Gasteiger partial charge in [0.15, 0.2) is 0 Å². The number of fused-ring (bicyclic) bond motifs is 1. The maximum Gasteiger partial charge on any atom is 0.252 e. The highest BCUT2D eigenvalue weighted by molar-refractivity contribution is 5.97. The fourth-order valence-corrected chi connectivity index (χ4v) is 3.17. The smallest absolute Gasteiger partial charge is 0.252 e. The molecule has 1 aromatic carbocycles. The van der Waals surface area contributed by atoms with Crippen molar-refractivity contribution in [3.63, 3.8) is 0 Å². The van der Waals surface area contributed by atoms with Gasteiger partial charge < -0.3 is 5.32 Å². The van der Waals surface area contributed by atoms with Crippen LogP contribution >= 0.6 is 0 Å². The second-order valence-corrected chi connectivity index (χ2v) is 6.27. The van der Waals surface area contributed by atoms with Gasteiger partial charge in [-0.3, -0.25) is 9.78 Å². The fourth-order valence-electron chi connectivity index (χ4n) is 3.17. The van der Waals surface area contributed by atoms with Crippen molar-refractivity contribution in [1.29, 1.82) is 0 Å². The van der Waals surface area contributed by atoms with Crippen molar-refractivity contribution < 1.29 is 4.79 Å². The molecule has 0 spiro atoms. The first-order valence-electron chi connectivity index (χ1n) is 8.15. The van der Waals surface area contributed by atoms with Gasteiger partial charge in [0.05, 0.1) is 17.7 Å². The third-order valence-corrected chi connectivity index (χ3v) is 4.67. The van der Waals surface area contributed by atoms with E-state index in [1.165, 1.54) is 0 Å². The molecule has 0 radical (unpaired) electrons. The van der Waals surface area contributed by atoms with E-state index in [1.54, 1.807) is 29.2 Å². The van der Waals surface area contributed by atoms with Crippen LogP contribution in [0.15, 0.2) is 42.7 Å². The predicted molar refractivity (Wildman–Crippen MR) is 92.2 cm³/mol. The Hall–Kier alpha value is -2.84. The molecule has 3 aromatic rings. The summed E-state index contributed by atoms with van der Waals surface area (Å²) in [6.07, 6.45) is 3.36. The summed E-state index contributed by atoms with van der Waals surface area (Å²) in [6.45, 7) is 2.09. The number of hydrogen-bond acceptors (Lipinski definition) is 6. The van der Waals surface area contributed by atoms with Gasteiger partial charge in [0.1, 0.15) is 5.52 Å². The second-order valence-electron chi connectivity index (χ2n) is 6.27. The van der Waals surface area contributed by atoms with E-state index in [2.05, 4.69) is 38.4 Å². The van der Waals surface area contributed by atoms with Crippen LogP contribution in [0.2, 0.25) is 0 Å². The lowest BCUT2D eigenvalue weighted by molar-refractivity contribution is 0.0923. The number of aromatic nitrogens is 4. The largest absolute Gasteiger partial charge is 0.335 e. The third kappa shape index (κ3) is 2.86. The Morgan fingerprint density at radius 1 is 1.20 bits per heavy atom. The summed E-state index contributed by atoms with van der Waals surface area (Å²) in [4.78, 5) is 16.6. The molecule has 1 aliphatic rings. The maximum atomic E-state index is 12.6. The predicted octanol–water partition coefficient (Wildman–Crippen LogP) is 0.904. The van der Waals surface area contributed by atoms with E-state index in [4.69, 9.17) is 0 Å². The molecule has 1 aliphatic heterocycles. The number of amides is 1. The van der Waals surface area contributed by atoms with Gasteiger partial charge >= 0.3 is 0 Å². The number of aryl methyl sites for hydroxylation is 1. The van der Waals surface area contributed by atoms with Crippen LogP contribution in [0.3, 0.4) is 0 Å². The lowest BCUT2D eigenvalue weighted by Gasteiger charge is -2.19. The van der Waals surface area contributed by atoms with Gasteiger partial charge in [-0.25, -0.2) is 15.5 Å². The zero-order valence-corrected chi connectivity index (χ0v) is 14.0. The number of pyridine rings is 1. The minimum absolute atomic E-state index is 0.107. The molecule has 1 saturated heterocycles. The highest BCUT2D eigenvalue weighted by Gasteiger charge is 2.34. The molecular formula is C17H19N7O. The minimum Gasteiger partial charge on any atom is -0.335 e. The number of hydrazine groups is 1. The summed E-state index contributed by atoms with van der Waals surface area (Å²) in [5.41, 5.74) is 9.70. The van der Waals surface area contributed by atoms with Crippen LogP contribution in [0, 0.1) is 5.92 Å². The van der Waals surface area contributed by atoms with Gasteiger partial charge in [-0.2, -0.15) is 0 Å². The topological polar surface area (TPSA) is 96.8 Å². The van der Waals surface area contributed by atoms with E-state index in [0.29, 0.717) is 11.1 Å². The van der Waals surface area contributed by atoms with Gasteiger partial charge in [0, 0.05) is 30.9 Å². The first-order chi connectivity index (χ1) is 12.1. The fraction of sp³-hybridized carbons (Fsp3) is 0.294. The molecule has 25 heavy (non-hydrogen) atoms. The molecule has 1 amide bonds. The zero-order valence-electron chi connectivity index (χ0n) is 14.0. The van der Waals surface area contributed by atoms with Crippen LogP contribution < -0.4 is 16.2 Å². The molecule has 3 atom stereocenters. The van der Waals surface area contributed by atoms with Crippen LogP contribution in [0.25, 0.3) is 11.0 Å². The Morgan fingerprint density at radius 3 is 2.80 bits per heavy atom. The highest BCUT2D eigenvalue weighted by atomic mass is 16.1. The normalized spacial score (nSPS) is 23.0. The van der Waals surface area contributed by atoms with Crippen molar-refractivity contribution >= 4 is 16.9 Å². The van der Waals surface area contributed by atoms with Gasteiger partial charge in [0.2, 0.25) is 0 Å². The first-order valence-corrected chi connectivity index (χ1v) is 8.15. The quantitative estimate of drug-likeness (QED) is 0.657. The summed E-state index contributed by atoms with van der Waals surface area (Å²) < 4.78 is 1.68. The van der Waals surface area contributed by atoms with Crippen LogP contribution in [-0.2, 0) is 7.05 Å². The van der Waals surface area contributed by atoms with Crippen molar-refractivity contribution in [3.8, 4) is 0 Å². The molecule has 0 saturated carbocycles. The van der Waals surface area contributed by atoms with E-state index in [-0.39, 0.29) is 24.0 Å². The van der Waals surface area contributed by atoms with Crippen molar-refractivity contribution in [1.82, 2.24) is 36.1 Å². The number of carbonyl (C=O) groups excluding carboxylic acids is 1. The van der Waals surface area contributed by atoms with E-state index in [9.17, 15) is 4.79 Å². The molecule has 0 aliphatic carbocycles. The molecule has 2 aromatic heterocycles. The number of carbonyl (C=O) groups is 1. The SMILES string of the molecule is CC1C(NC(=O)c2ccc3c(c2)nnn3C)NNC1c1ccncc1. The van der Waals surface area contributed by atoms with Crippen molar-refractivity contribution in [2.75, 3.05) is 0 Å². The molecule has 3 unspecified atom stereocenters. The Balaban J connectivity index is 1.48. The summed E-state index contributed by atoms with van der Waals surface area (Å²) >= 11 is 0. The molecule has 0 bridgehead atoms. The van der Waals surface area contributed by atoms with Gasteiger partial charge in [-0.15, -0.1) is 5.10 Å². The highest BCUT2D eigenvalue weighted by Crippen LogP contribution is 2.27. The van der Waals surface area contributed by atoms with E-state index >= 15 is 0 Å². The van der Waals surface area contributed by atoms with Crippen molar-refractivity contribution in [3.05, 3.63) is 53.9 Å². The zero-order chi connectivity index (χ0) is 17.4. The van der Waals surface area contributed by atoms with Gasteiger partial charge in [-0.1, -0.05) is 12.1 Å². The summed E-state index contributed by atoms with van der Waals surface area (Å²) in [6, 6.07) is 9.45. The van der Waals surface area contributed by atoms with E-state index in [1.807, 2.05) is 25.2 Å². The van der Waals surface area contributed by atoms with Gasteiger partial charge in [0.25, 0.3) is 5.91 Å². The Labute approximate surface area is 144 Å². The van der Waals surface area contributed by atoms with Crippen molar-refractivity contribution in [2.24, 2.45) is 13.0 Å². The minimum atomic E-state index is -0.178. The second kappa shape index (κ2) is 6.23. The lowest BCUT2D eigenvalue weighted by Crippen LogP contribution is -2.46. The number of benzene rings is 1. The Morgan fingerprint density at radius 2 is 2.00 bits per heavy atom. The van der Waals surface area contributed by atoms with Crippen molar-refractivity contribution in [2.45, 2.75) is 19.1 Å². The molecule has 4 rings (SSSR count). The summed E-state index contributed by atoms with van der Waals surface area (Å²) in [7, 11) is 1.82. The van der Waals surface area contributed by atoms with E-state index in [0.717, 1.165) is 11.1 Å². The molecular weight excluding hydrogens is 318 g/mol. The van der Waals surface area contributed by atoms with Gasteiger partial charge in [-0.05, 0) is 35.9 Å². The Kier molecular flexibility index (Phi) is 3.90. The number of hydrogen-bond donors (Lipinski definition) is 3. The molecule has 3 N–H and O–H groups in total. The number of nitrogens with zero attached hydrogens (tertiary/aromatic N) is 4. The third-order valence-electron chi connectivity index (χ3n) is 4.67. The molecule has 128 valence electrons. The monoisotopic (exact) mass is 337 g/mol.